The summed E-state index contributed by atoms with van der Waals surface area (Å²) in [6.07, 6.45) is 1.79. The number of benzene rings is 2. The molecular formula is C26H24N4O3. The molecule has 0 aliphatic carbocycles. The number of pyridine rings is 1. The van der Waals surface area contributed by atoms with E-state index in [2.05, 4.69) is 22.3 Å². The summed E-state index contributed by atoms with van der Waals surface area (Å²) < 4.78 is 1.57. The highest BCUT2D eigenvalue weighted by Crippen LogP contribution is 2.29. The second-order valence-corrected chi connectivity index (χ2v) is 8.46. The molecule has 0 saturated carbocycles. The van der Waals surface area contributed by atoms with E-state index in [1.165, 1.54) is 11.1 Å². The van der Waals surface area contributed by atoms with Gasteiger partial charge in [0.1, 0.15) is 11.5 Å². The number of anilines is 2. The first-order chi connectivity index (χ1) is 15.9. The fourth-order valence-electron chi connectivity index (χ4n) is 4.44. The number of carboxylic acid groups (broad SMARTS) is 1. The van der Waals surface area contributed by atoms with Gasteiger partial charge in [0.2, 0.25) is 0 Å². The minimum absolute atomic E-state index is 0.144. The fraction of sp³-hybridized carbons (Fsp3) is 0.192. The van der Waals surface area contributed by atoms with Crippen LogP contribution in [0.1, 0.15) is 45.6 Å². The summed E-state index contributed by atoms with van der Waals surface area (Å²) in [7, 11) is 0. The number of aromatic carboxylic acids is 1. The number of fused-ring (bicyclic) bond motifs is 2. The number of aromatic nitrogens is 2. The van der Waals surface area contributed by atoms with Crippen molar-refractivity contribution in [2.75, 3.05) is 10.2 Å². The molecule has 1 atom stereocenters. The molecule has 3 heterocycles. The second kappa shape index (κ2) is 8.09. The molecule has 1 aliphatic rings. The van der Waals surface area contributed by atoms with Crippen LogP contribution in [0, 0.1) is 6.92 Å². The minimum Gasteiger partial charge on any atom is -0.478 e. The molecule has 0 unspecified atom stereocenters. The molecule has 166 valence electrons. The highest BCUT2D eigenvalue weighted by atomic mass is 16.4. The van der Waals surface area contributed by atoms with E-state index in [0.29, 0.717) is 30.2 Å². The van der Waals surface area contributed by atoms with Gasteiger partial charge in [-0.1, -0.05) is 36.4 Å². The molecule has 4 aromatic rings. The smallest absolute Gasteiger partial charge is 0.337 e. The molecule has 2 aromatic heterocycles. The third-order valence-electron chi connectivity index (χ3n) is 6.07. The third-order valence-corrected chi connectivity index (χ3v) is 6.07. The van der Waals surface area contributed by atoms with Crippen LogP contribution in [-0.4, -0.2) is 20.5 Å². The maximum atomic E-state index is 13.1. The molecule has 0 saturated heterocycles. The third kappa shape index (κ3) is 3.82. The summed E-state index contributed by atoms with van der Waals surface area (Å²) >= 11 is 0. The number of hydrogen-bond acceptors (Lipinski definition) is 5. The topological polar surface area (TPSA) is 86.9 Å². The van der Waals surface area contributed by atoms with Crippen molar-refractivity contribution in [3.63, 3.8) is 0 Å². The van der Waals surface area contributed by atoms with Crippen LogP contribution in [0.4, 0.5) is 11.5 Å². The number of carboxylic acids is 1. The molecule has 0 bridgehead atoms. The van der Waals surface area contributed by atoms with Crippen molar-refractivity contribution in [2.45, 2.75) is 33.0 Å². The van der Waals surface area contributed by atoms with E-state index in [1.807, 2.05) is 32.0 Å². The number of para-hydroxylation sites is 1. The van der Waals surface area contributed by atoms with Crippen molar-refractivity contribution < 1.29 is 9.90 Å². The fourth-order valence-corrected chi connectivity index (χ4v) is 4.44. The Morgan fingerprint density at radius 1 is 1.06 bits per heavy atom. The van der Waals surface area contributed by atoms with Gasteiger partial charge in [0.25, 0.3) is 5.56 Å². The van der Waals surface area contributed by atoms with Gasteiger partial charge in [-0.3, -0.25) is 9.20 Å². The quantitative estimate of drug-likeness (QED) is 0.479. The minimum atomic E-state index is -0.996. The molecule has 0 fully saturated rings. The van der Waals surface area contributed by atoms with Crippen LogP contribution in [0.3, 0.4) is 0 Å². The number of hydrogen-bond donors (Lipinski definition) is 2. The lowest BCUT2D eigenvalue weighted by Gasteiger charge is -2.21. The van der Waals surface area contributed by atoms with Gasteiger partial charge in [-0.25, -0.2) is 9.78 Å². The summed E-state index contributed by atoms with van der Waals surface area (Å²) in [6.45, 7) is 5.29. The average Bonchev–Trinajstić information content (AvgIpc) is 3.23. The Morgan fingerprint density at radius 2 is 1.73 bits per heavy atom. The number of carbonyl (C=O) groups is 1. The zero-order valence-electron chi connectivity index (χ0n) is 18.4. The first kappa shape index (κ1) is 20.8. The van der Waals surface area contributed by atoms with E-state index in [4.69, 9.17) is 4.98 Å². The molecule has 2 N–H and O–H groups in total. The highest BCUT2D eigenvalue weighted by Gasteiger charge is 2.22. The van der Waals surface area contributed by atoms with Gasteiger partial charge in [-0.15, -0.1) is 0 Å². The molecule has 7 nitrogen and oxygen atoms in total. The molecule has 7 heteroatoms. The molecule has 1 aliphatic heterocycles. The van der Waals surface area contributed by atoms with Crippen molar-refractivity contribution in [2.24, 2.45) is 0 Å². The zero-order valence-corrected chi connectivity index (χ0v) is 18.4. The predicted molar refractivity (Wildman–Crippen MR) is 128 cm³/mol. The van der Waals surface area contributed by atoms with Gasteiger partial charge in [-0.2, -0.15) is 0 Å². The molecule has 5 rings (SSSR count). The SMILES string of the molecule is Cc1cc([C@H](C)Nc2ccccc2C(=O)O)c2nc(N3Cc4ccccc4C3)cc(=O)n2c1. The lowest BCUT2D eigenvalue weighted by atomic mass is 10.1. The first-order valence-corrected chi connectivity index (χ1v) is 10.9. The van der Waals surface area contributed by atoms with Crippen LogP contribution in [0.25, 0.3) is 5.65 Å². The lowest BCUT2D eigenvalue weighted by Crippen LogP contribution is -2.23. The Labute approximate surface area is 191 Å². The van der Waals surface area contributed by atoms with Crippen LogP contribution >= 0.6 is 0 Å². The van der Waals surface area contributed by atoms with Gasteiger partial charge in [0.15, 0.2) is 0 Å². The number of aryl methyl sites for hydroxylation is 1. The van der Waals surface area contributed by atoms with Crippen LogP contribution in [0.2, 0.25) is 0 Å². The largest absolute Gasteiger partial charge is 0.478 e. The van der Waals surface area contributed by atoms with Gasteiger partial charge in [0.05, 0.1) is 11.6 Å². The van der Waals surface area contributed by atoms with E-state index < -0.39 is 5.97 Å². The van der Waals surface area contributed by atoms with E-state index in [9.17, 15) is 14.7 Å². The van der Waals surface area contributed by atoms with Gasteiger partial charge >= 0.3 is 5.97 Å². The normalized spacial score (nSPS) is 13.7. The van der Waals surface area contributed by atoms with E-state index >= 15 is 0 Å². The summed E-state index contributed by atoms with van der Waals surface area (Å²) in [5.41, 5.74) is 5.36. The maximum absolute atomic E-state index is 13.1. The second-order valence-electron chi connectivity index (χ2n) is 8.46. The summed E-state index contributed by atoms with van der Waals surface area (Å²) in [5.74, 6) is -0.357. The van der Waals surface area contributed by atoms with Crippen molar-refractivity contribution >= 4 is 23.1 Å². The average molecular weight is 441 g/mol. The van der Waals surface area contributed by atoms with Gasteiger partial charge < -0.3 is 15.3 Å². The zero-order chi connectivity index (χ0) is 23.1. The van der Waals surface area contributed by atoms with E-state index in [1.54, 1.807) is 40.9 Å². The molecule has 0 radical (unpaired) electrons. The molecular weight excluding hydrogens is 416 g/mol. The Hall–Kier alpha value is -4.13. The van der Waals surface area contributed by atoms with E-state index in [0.717, 1.165) is 11.1 Å². The molecule has 2 aromatic carbocycles. The van der Waals surface area contributed by atoms with Crippen LogP contribution in [-0.2, 0) is 13.1 Å². The number of nitrogens with one attached hydrogen (secondary N) is 1. The van der Waals surface area contributed by atoms with Crippen LogP contribution < -0.4 is 15.8 Å². The van der Waals surface area contributed by atoms with E-state index in [-0.39, 0.29) is 17.2 Å². The van der Waals surface area contributed by atoms with Gasteiger partial charge in [-0.05, 0) is 48.7 Å². The first-order valence-electron chi connectivity index (χ1n) is 10.9. The Morgan fingerprint density at radius 3 is 2.42 bits per heavy atom. The summed E-state index contributed by atoms with van der Waals surface area (Å²) in [6, 6.07) is 18.3. The van der Waals surface area contributed by atoms with Crippen molar-refractivity contribution in [1.29, 1.82) is 0 Å². The molecule has 0 amide bonds. The highest BCUT2D eigenvalue weighted by molar-refractivity contribution is 5.94. The lowest BCUT2D eigenvalue weighted by molar-refractivity contribution is 0.0698. The molecule has 0 spiro atoms. The Balaban J connectivity index is 1.57. The maximum Gasteiger partial charge on any atom is 0.337 e. The molecule has 33 heavy (non-hydrogen) atoms. The van der Waals surface area contributed by atoms with Gasteiger partial charge in [0, 0.05) is 36.6 Å². The Kier molecular flexibility index (Phi) is 5.09. The standard InChI is InChI=1S/C26H24N4O3/c1-16-11-21(17(2)27-22-10-6-5-9-20(22)26(32)33)25-28-23(12-24(31)30(25)13-16)29-14-18-7-3-4-8-19(18)15-29/h3-13,17,27H,14-15H2,1-2H3,(H,32,33)/t17-/m0/s1. The van der Waals surface area contributed by atoms with Crippen LogP contribution in [0.5, 0.6) is 0 Å². The monoisotopic (exact) mass is 440 g/mol. The number of nitrogens with zero attached hydrogens (tertiary/aromatic N) is 3. The summed E-state index contributed by atoms with van der Waals surface area (Å²) in [4.78, 5) is 31.7. The van der Waals surface area contributed by atoms with Crippen molar-refractivity contribution in [3.8, 4) is 0 Å². The van der Waals surface area contributed by atoms with Crippen molar-refractivity contribution in [3.05, 3.63) is 105 Å². The predicted octanol–water partition coefficient (Wildman–Crippen LogP) is 4.39. The summed E-state index contributed by atoms with van der Waals surface area (Å²) in [5, 5.41) is 12.8. The number of rotatable bonds is 5. The van der Waals surface area contributed by atoms with Crippen LogP contribution in [0.15, 0.2) is 71.7 Å². The Bertz CT molecular complexity index is 1420. The van der Waals surface area contributed by atoms with Crippen molar-refractivity contribution in [1.82, 2.24) is 9.38 Å².